The Hall–Kier alpha value is -1.18. The molecule has 1 aliphatic rings. The van der Waals surface area contributed by atoms with E-state index in [0.717, 1.165) is 25.1 Å². The number of aliphatic hydroxyl groups excluding tert-OH is 1. The number of rotatable bonds is 5. The van der Waals surface area contributed by atoms with Crippen molar-refractivity contribution < 1.29 is 9.90 Å². The first kappa shape index (κ1) is 14.2. The minimum atomic E-state index is -0.292. The number of hydrogen-bond donors (Lipinski definition) is 3. The second-order valence-corrected chi connectivity index (χ2v) is 5.70. The van der Waals surface area contributed by atoms with Crippen LogP contribution in [0.1, 0.15) is 18.5 Å². The Labute approximate surface area is 116 Å². The molecule has 0 bridgehead atoms. The zero-order valence-electron chi connectivity index (χ0n) is 10.8. The van der Waals surface area contributed by atoms with Crippen molar-refractivity contribution in [3.8, 4) is 0 Å². The standard InChI is InChI=1S/C12H20N4O2S/c13-12-15-9(8-19-12)3-4-14-11(18)7-16-5-1-2-10(17)6-16/h8,10,17H,1-7H2,(H2,13,15)(H,14,18)/t10-/m0/s1. The number of amides is 1. The van der Waals surface area contributed by atoms with Gasteiger partial charge in [-0.05, 0) is 19.4 Å². The predicted octanol–water partition coefficient (Wildman–Crippen LogP) is -0.159. The third-order valence-corrected chi connectivity index (χ3v) is 3.84. The van der Waals surface area contributed by atoms with E-state index in [2.05, 4.69) is 10.3 Å². The van der Waals surface area contributed by atoms with Crippen LogP contribution in [0.15, 0.2) is 5.38 Å². The van der Waals surface area contributed by atoms with E-state index in [-0.39, 0.29) is 12.0 Å². The first-order valence-corrected chi connectivity index (χ1v) is 7.38. The Balaban J connectivity index is 1.64. The second-order valence-electron chi connectivity index (χ2n) is 4.81. The van der Waals surface area contributed by atoms with Crippen molar-refractivity contribution in [3.05, 3.63) is 11.1 Å². The summed E-state index contributed by atoms with van der Waals surface area (Å²) in [5.41, 5.74) is 6.45. The molecule has 2 heterocycles. The van der Waals surface area contributed by atoms with Gasteiger partial charge in [0.1, 0.15) is 0 Å². The number of nitrogens with zero attached hydrogens (tertiary/aromatic N) is 2. The average molecular weight is 284 g/mol. The quantitative estimate of drug-likeness (QED) is 0.699. The van der Waals surface area contributed by atoms with Gasteiger partial charge >= 0.3 is 0 Å². The Morgan fingerprint density at radius 2 is 2.53 bits per heavy atom. The lowest BCUT2D eigenvalue weighted by Crippen LogP contribution is -2.44. The van der Waals surface area contributed by atoms with Gasteiger partial charge in [0, 0.05) is 24.9 Å². The first-order valence-electron chi connectivity index (χ1n) is 6.50. The van der Waals surface area contributed by atoms with Gasteiger partial charge in [0.05, 0.1) is 18.3 Å². The fourth-order valence-electron chi connectivity index (χ4n) is 2.20. The van der Waals surface area contributed by atoms with Gasteiger partial charge in [-0.1, -0.05) is 0 Å². The maximum Gasteiger partial charge on any atom is 0.234 e. The molecule has 0 spiro atoms. The molecular formula is C12H20N4O2S. The van der Waals surface area contributed by atoms with Crippen LogP contribution in [0, 0.1) is 0 Å². The van der Waals surface area contributed by atoms with Crippen LogP contribution in [0.2, 0.25) is 0 Å². The van der Waals surface area contributed by atoms with Crippen molar-refractivity contribution in [2.75, 3.05) is 31.9 Å². The van der Waals surface area contributed by atoms with E-state index >= 15 is 0 Å². The summed E-state index contributed by atoms with van der Waals surface area (Å²) in [5.74, 6) is -0.00250. The van der Waals surface area contributed by atoms with Crippen LogP contribution in [-0.4, -0.2) is 53.2 Å². The molecule has 1 amide bonds. The van der Waals surface area contributed by atoms with Crippen LogP contribution in [0.25, 0.3) is 0 Å². The van der Waals surface area contributed by atoms with E-state index in [1.54, 1.807) is 0 Å². The summed E-state index contributed by atoms with van der Waals surface area (Å²) in [5, 5.41) is 14.9. The molecule has 1 saturated heterocycles. The molecule has 1 aromatic heterocycles. The van der Waals surface area contributed by atoms with Crippen LogP contribution in [-0.2, 0) is 11.2 Å². The zero-order chi connectivity index (χ0) is 13.7. The van der Waals surface area contributed by atoms with Crippen molar-refractivity contribution in [1.82, 2.24) is 15.2 Å². The molecule has 0 saturated carbocycles. The molecule has 106 valence electrons. The smallest absolute Gasteiger partial charge is 0.234 e. The topological polar surface area (TPSA) is 91.5 Å². The lowest BCUT2D eigenvalue weighted by molar-refractivity contribution is -0.122. The summed E-state index contributed by atoms with van der Waals surface area (Å²) in [6.07, 6.45) is 2.19. The fraction of sp³-hybridized carbons (Fsp3) is 0.667. The Morgan fingerprint density at radius 3 is 3.21 bits per heavy atom. The molecule has 1 fully saturated rings. The van der Waals surface area contributed by atoms with Crippen LogP contribution >= 0.6 is 11.3 Å². The normalized spacial score (nSPS) is 20.4. The van der Waals surface area contributed by atoms with Gasteiger partial charge in [-0.15, -0.1) is 11.3 Å². The average Bonchev–Trinajstić information content (AvgIpc) is 2.75. The number of β-amino-alcohol motifs (C(OH)–C–C–N with tert-alkyl or cyclic N) is 1. The number of aromatic nitrogens is 1. The third-order valence-electron chi connectivity index (χ3n) is 3.12. The summed E-state index contributed by atoms with van der Waals surface area (Å²) in [6, 6.07) is 0. The lowest BCUT2D eigenvalue weighted by atomic mass is 10.1. The number of likely N-dealkylation sites (tertiary alicyclic amines) is 1. The van der Waals surface area contributed by atoms with Crippen molar-refractivity contribution in [1.29, 1.82) is 0 Å². The number of aliphatic hydroxyl groups is 1. The van der Waals surface area contributed by atoms with Crippen molar-refractivity contribution in [2.24, 2.45) is 0 Å². The fourth-order valence-corrected chi connectivity index (χ4v) is 2.80. The number of piperidine rings is 1. The maximum atomic E-state index is 11.7. The van der Waals surface area contributed by atoms with Gasteiger partial charge in [-0.25, -0.2) is 4.98 Å². The molecule has 1 aliphatic heterocycles. The van der Waals surface area contributed by atoms with Crippen LogP contribution in [0.4, 0.5) is 5.13 Å². The van der Waals surface area contributed by atoms with Gasteiger partial charge in [0.15, 0.2) is 5.13 Å². The number of carbonyl (C=O) groups excluding carboxylic acids is 1. The lowest BCUT2D eigenvalue weighted by Gasteiger charge is -2.29. The minimum absolute atomic E-state index is 0.00250. The number of nitrogens with one attached hydrogen (secondary N) is 1. The van der Waals surface area contributed by atoms with E-state index in [1.165, 1.54) is 11.3 Å². The largest absolute Gasteiger partial charge is 0.392 e. The molecule has 7 heteroatoms. The van der Waals surface area contributed by atoms with E-state index in [4.69, 9.17) is 5.73 Å². The second kappa shape index (κ2) is 6.83. The van der Waals surface area contributed by atoms with Gasteiger partial charge in [-0.3, -0.25) is 9.69 Å². The zero-order valence-corrected chi connectivity index (χ0v) is 11.7. The highest BCUT2D eigenvalue weighted by molar-refractivity contribution is 7.13. The molecule has 0 aromatic carbocycles. The van der Waals surface area contributed by atoms with Crippen LogP contribution in [0.3, 0.4) is 0 Å². The van der Waals surface area contributed by atoms with E-state index in [9.17, 15) is 9.90 Å². The molecule has 6 nitrogen and oxygen atoms in total. The summed E-state index contributed by atoms with van der Waals surface area (Å²) in [7, 11) is 0. The highest BCUT2D eigenvalue weighted by Gasteiger charge is 2.19. The van der Waals surface area contributed by atoms with Crippen LogP contribution in [0.5, 0.6) is 0 Å². The minimum Gasteiger partial charge on any atom is -0.392 e. The molecule has 2 rings (SSSR count). The van der Waals surface area contributed by atoms with Gasteiger partial charge in [-0.2, -0.15) is 0 Å². The molecule has 0 unspecified atom stereocenters. The Morgan fingerprint density at radius 1 is 1.68 bits per heavy atom. The summed E-state index contributed by atoms with van der Waals surface area (Å²) in [6.45, 7) is 2.40. The molecule has 1 aromatic rings. The maximum absolute atomic E-state index is 11.7. The molecule has 4 N–H and O–H groups in total. The summed E-state index contributed by atoms with van der Waals surface area (Å²) >= 11 is 1.41. The number of anilines is 1. The monoisotopic (exact) mass is 284 g/mol. The number of carbonyl (C=O) groups is 1. The number of thiazole rings is 1. The van der Waals surface area contributed by atoms with E-state index < -0.39 is 0 Å². The van der Waals surface area contributed by atoms with Gasteiger partial charge < -0.3 is 16.2 Å². The highest BCUT2D eigenvalue weighted by Crippen LogP contribution is 2.11. The number of nitrogen functional groups attached to an aromatic ring is 1. The van der Waals surface area contributed by atoms with Crippen molar-refractivity contribution in [2.45, 2.75) is 25.4 Å². The first-order chi connectivity index (χ1) is 9.13. The Bertz CT molecular complexity index is 424. The molecular weight excluding hydrogens is 264 g/mol. The molecule has 1 atom stereocenters. The number of nitrogens with two attached hydrogens (primary N) is 1. The van der Waals surface area contributed by atoms with Gasteiger partial charge in [0.25, 0.3) is 0 Å². The predicted molar refractivity (Wildman–Crippen MR) is 74.9 cm³/mol. The van der Waals surface area contributed by atoms with E-state index in [1.807, 2.05) is 10.3 Å². The molecule has 19 heavy (non-hydrogen) atoms. The SMILES string of the molecule is Nc1nc(CCNC(=O)CN2CCC[C@H](O)C2)cs1. The van der Waals surface area contributed by atoms with Crippen LogP contribution < -0.4 is 11.1 Å². The van der Waals surface area contributed by atoms with E-state index in [0.29, 0.717) is 31.2 Å². The molecule has 0 radical (unpaired) electrons. The summed E-state index contributed by atoms with van der Waals surface area (Å²) in [4.78, 5) is 17.9. The van der Waals surface area contributed by atoms with Gasteiger partial charge in [0.2, 0.25) is 5.91 Å². The molecule has 0 aliphatic carbocycles. The number of hydrogen-bond acceptors (Lipinski definition) is 6. The highest BCUT2D eigenvalue weighted by atomic mass is 32.1. The third kappa shape index (κ3) is 4.77. The Kier molecular flexibility index (Phi) is 5.12. The van der Waals surface area contributed by atoms with Crippen molar-refractivity contribution >= 4 is 22.4 Å². The van der Waals surface area contributed by atoms with Crippen molar-refractivity contribution in [3.63, 3.8) is 0 Å². The summed E-state index contributed by atoms with van der Waals surface area (Å²) < 4.78 is 0.